The Labute approximate surface area is 450 Å². The highest BCUT2D eigenvalue weighted by atomic mass is 35.5. The van der Waals surface area contributed by atoms with Crippen LogP contribution >= 0.6 is 0 Å². The van der Waals surface area contributed by atoms with Crippen molar-refractivity contribution in [2.24, 2.45) is 0 Å². The van der Waals surface area contributed by atoms with Crippen LogP contribution in [0.3, 0.4) is 0 Å². The Morgan fingerprint density at radius 1 is 0.432 bits per heavy atom. The van der Waals surface area contributed by atoms with E-state index in [-0.39, 0.29) is 61.7 Å². The number of rotatable bonds is 27. The number of benzene rings is 4. The molecule has 0 spiro atoms. The number of esters is 2. The van der Waals surface area contributed by atoms with Gasteiger partial charge >= 0.3 is 11.9 Å². The summed E-state index contributed by atoms with van der Waals surface area (Å²) in [7, 11) is 20.8. The van der Waals surface area contributed by atoms with Crippen LogP contribution in [0.1, 0.15) is 84.0 Å². The van der Waals surface area contributed by atoms with Crippen molar-refractivity contribution in [3.05, 3.63) is 81.9 Å². The van der Waals surface area contributed by atoms with Crippen LogP contribution in [0.4, 0.5) is 0 Å². The molecular weight excluding hydrogens is 996 g/mol. The zero-order valence-corrected chi connectivity index (χ0v) is 47.0. The molecule has 2 unspecified atom stereocenters. The van der Waals surface area contributed by atoms with E-state index in [1.54, 1.807) is 71.1 Å². The summed E-state index contributed by atoms with van der Waals surface area (Å²) in [4.78, 5) is 25.9. The quantitative estimate of drug-likeness (QED) is 0.0490. The van der Waals surface area contributed by atoms with Crippen molar-refractivity contribution in [1.82, 2.24) is 0 Å². The van der Waals surface area contributed by atoms with Crippen molar-refractivity contribution in [3.63, 3.8) is 0 Å². The van der Waals surface area contributed by atoms with E-state index in [9.17, 15) is 9.59 Å². The fourth-order valence-electron chi connectivity index (χ4n) is 10.7. The number of hydrogen-bond acceptors (Lipinski definition) is 14. The summed E-state index contributed by atoms with van der Waals surface area (Å²) >= 11 is 0. The summed E-state index contributed by atoms with van der Waals surface area (Å²) in [5.41, 5.74) is 6.90. The molecule has 410 valence electrons. The molecule has 2 aliphatic heterocycles. The first kappa shape index (κ1) is 60.9. The fraction of sp³-hybridized carbons (Fsp3) is 0.536. The van der Waals surface area contributed by atoms with E-state index < -0.39 is 0 Å². The molecule has 4 aromatic carbocycles. The zero-order chi connectivity index (χ0) is 52.0. The van der Waals surface area contributed by atoms with Gasteiger partial charge in [0.05, 0.1) is 125 Å². The minimum absolute atomic E-state index is 0. The molecule has 16 nitrogen and oxygen atoms in total. The van der Waals surface area contributed by atoms with Crippen molar-refractivity contribution >= 4 is 11.9 Å². The van der Waals surface area contributed by atoms with Gasteiger partial charge in [-0.3, -0.25) is 9.59 Å². The van der Waals surface area contributed by atoms with Crippen molar-refractivity contribution in [2.45, 2.75) is 76.3 Å². The van der Waals surface area contributed by atoms with Crippen LogP contribution in [-0.4, -0.2) is 145 Å². The molecule has 74 heavy (non-hydrogen) atoms. The van der Waals surface area contributed by atoms with Crippen LogP contribution in [0.2, 0.25) is 0 Å². The molecule has 6 rings (SSSR count). The Balaban J connectivity index is 0.00000593. The van der Waals surface area contributed by atoms with Gasteiger partial charge in [-0.15, -0.1) is 0 Å². The molecule has 0 aliphatic carbocycles. The van der Waals surface area contributed by atoms with Gasteiger partial charge in [0.15, 0.2) is 46.0 Å². The molecule has 18 heteroatoms. The molecule has 0 N–H and O–H groups in total. The third-order valence-corrected chi connectivity index (χ3v) is 14.8. The minimum Gasteiger partial charge on any atom is -1.00 e. The molecular formula is C56H78Cl2N2O14. The molecule has 4 aromatic rings. The molecule has 0 aromatic heterocycles. The summed E-state index contributed by atoms with van der Waals surface area (Å²) < 4.78 is 69.9. The lowest BCUT2D eigenvalue weighted by Gasteiger charge is -2.46. The molecule has 2 heterocycles. The topological polar surface area (TPSA) is 145 Å². The largest absolute Gasteiger partial charge is 1.00 e. The summed E-state index contributed by atoms with van der Waals surface area (Å²) in [6, 6.07) is 16.5. The second-order valence-electron chi connectivity index (χ2n) is 19.0. The van der Waals surface area contributed by atoms with Crippen LogP contribution in [-0.2, 0) is 44.7 Å². The van der Waals surface area contributed by atoms with Crippen molar-refractivity contribution in [2.75, 3.05) is 125 Å². The highest BCUT2D eigenvalue weighted by molar-refractivity contribution is 5.70. The number of unbranched alkanes of at least 4 members (excludes halogenated alkanes) is 1. The Morgan fingerprint density at radius 3 is 1.04 bits per heavy atom. The number of fused-ring (bicyclic) bond motifs is 2. The highest BCUT2D eigenvalue weighted by Crippen LogP contribution is 2.47. The summed E-state index contributed by atoms with van der Waals surface area (Å²) in [5.74, 6) is 5.74. The van der Waals surface area contributed by atoms with E-state index in [0.29, 0.717) is 109 Å². The number of likely N-dealkylation sites (N-methyl/N-ethyl adjacent to an activating group) is 2. The van der Waals surface area contributed by atoms with Gasteiger partial charge in [-0.25, -0.2) is 0 Å². The van der Waals surface area contributed by atoms with Crippen molar-refractivity contribution < 1.29 is 100 Å². The number of quaternary nitrogens is 2. The number of carbonyl (C=O) groups excluding carboxylic acids is 2. The average Bonchev–Trinajstić information content (AvgIpc) is 3.40. The van der Waals surface area contributed by atoms with Gasteiger partial charge in [0.25, 0.3) is 0 Å². The van der Waals surface area contributed by atoms with Gasteiger partial charge in [0.2, 0.25) is 11.5 Å². The van der Waals surface area contributed by atoms with Crippen LogP contribution in [0.5, 0.6) is 57.5 Å². The average molecular weight is 1070 g/mol. The maximum Gasteiger partial charge on any atom is 0.305 e. The number of methoxy groups -OCH3 is 10. The Bertz CT molecular complexity index is 2270. The Morgan fingerprint density at radius 2 is 0.743 bits per heavy atom. The van der Waals surface area contributed by atoms with E-state index in [0.717, 1.165) is 59.1 Å². The number of nitrogens with zero attached hydrogens (tertiary/aromatic N) is 2. The predicted molar refractivity (Wildman–Crippen MR) is 273 cm³/mol. The summed E-state index contributed by atoms with van der Waals surface area (Å²) in [6.07, 6.45) is 6.00. The van der Waals surface area contributed by atoms with Gasteiger partial charge in [-0.1, -0.05) is 0 Å². The van der Waals surface area contributed by atoms with Gasteiger partial charge in [0, 0.05) is 62.5 Å². The minimum atomic E-state index is -0.266. The Kier molecular flexibility index (Phi) is 23.3. The molecule has 0 saturated carbocycles. The molecule has 0 bridgehead atoms. The van der Waals surface area contributed by atoms with Gasteiger partial charge in [-0.05, 0) is 83.6 Å². The molecule has 0 radical (unpaired) electrons. The third kappa shape index (κ3) is 14.2. The summed E-state index contributed by atoms with van der Waals surface area (Å²) in [5, 5.41) is 0. The number of carbonyl (C=O) groups is 2. The molecule has 2 aliphatic rings. The SMILES string of the molecule is COc1cc2c(cc1OC)[C@@H](Cc1cc(OC)c(OC)c(OC)c1)[N+](C)(CCCOC(=O)CCCCC(=O)OCCC[N+]1(C)CCc3cc(OC)c(OC)cc3[C@H]1Cc1cc(OC)c(OC)c(OC)c1)CC2.[Cl-].[Cl-]. The maximum atomic E-state index is 12.9. The lowest BCUT2D eigenvalue weighted by Crippen LogP contribution is -3.00. The van der Waals surface area contributed by atoms with Crippen molar-refractivity contribution in [3.8, 4) is 57.5 Å². The lowest BCUT2D eigenvalue weighted by molar-refractivity contribution is -0.941. The lowest BCUT2D eigenvalue weighted by atomic mass is 9.86. The van der Waals surface area contributed by atoms with Gasteiger partial charge < -0.3 is 90.6 Å². The first-order chi connectivity index (χ1) is 34.7. The first-order valence-corrected chi connectivity index (χ1v) is 24.8. The second kappa shape index (κ2) is 28.3. The fourth-order valence-corrected chi connectivity index (χ4v) is 10.7. The van der Waals surface area contributed by atoms with Gasteiger partial charge in [0.1, 0.15) is 12.1 Å². The maximum absolute atomic E-state index is 12.9. The second-order valence-corrected chi connectivity index (χ2v) is 19.0. The standard InChI is InChI=1S/C56H78N2O14.2ClH/c1-57(23-19-39-33-45(61-3)47(63-5)35-41(39)43(57)27-37-29-49(65-7)55(69-11)50(30-37)66-8)21-15-25-71-53(59)17-13-14-18-54(60)72-26-16-22-58(2)24-20-40-34-46(62-4)48(64-6)36-42(40)44(58)28-38-31-51(67-9)56(70-12)52(32-38)68-10;;/h29-36,43-44H,13-28H2,1-12H3;2*1H/q+2;;/p-2/t43-,44-,57?,58?;;/m1../s1. The monoisotopic (exact) mass is 1070 g/mol. The normalized spacial score (nSPS) is 18.4. The third-order valence-electron chi connectivity index (χ3n) is 14.8. The van der Waals surface area contributed by atoms with Crippen molar-refractivity contribution in [1.29, 1.82) is 0 Å². The number of halogens is 2. The molecule has 0 saturated heterocycles. The first-order valence-electron chi connectivity index (χ1n) is 24.8. The van der Waals surface area contributed by atoms with Crippen LogP contribution in [0.25, 0.3) is 0 Å². The van der Waals surface area contributed by atoms with E-state index in [1.165, 1.54) is 22.3 Å². The van der Waals surface area contributed by atoms with Gasteiger partial charge in [-0.2, -0.15) is 0 Å². The van der Waals surface area contributed by atoms with E-state index >= 15 is 0 Å². The zero-order valence-electron chi connectivity index (χ0n) is 45.5. The molecule has 0 amide bonds. The van der Waals surface area contributed by atoms with E-state index in [4.69, 9.17) is 56.8 Å². The Hall–Kier alpha value is -5.68. The van der Waals surface area contributed by atoms with E-state index in [1.807, 2.05) is 24.3 Å². The van der Waals surface area contributed by atoms with Crippen LogP contribution in [0.15, 0.2) is 48.5 Å². The summed E-state index contributed by atoms with van der Waals surface area (Å²) in [6.45, 7) is 3.95. The highest BCUT2D eigenvalue weighted by Gasteiger charge is 2.42. The predicted octanol–water partition coefficient (Wildman–Crippen LogP) is 2.48. The van der Waals surface area contributed by atoms with Crippen LogP contribution in [0, 0.1) is 0 Å². The molecule has 0 fully saturated rings. The van der Waals surface area contributed by atoms with Crippen LogP contribution < -0.4 is 72.2 Å². The van der Waals surface area contributed by atoms with E-state index in [2.05, 4.69) is 38.4 Å². The molecule has 4 atom stereocenters. The number of hydrogen-bond donors (Lipinski definition) is 0. The number of ether oxygens (including phenoxy) is 12. The smallest absolute Gasteiger partial charge is 0.305 e.